The first-order chi connectivity index (χ1) is 17.3. The predicted molar refractivity (Wildman–Crippen MR) is 132 cm³/mol. The number of tetrazole rings is 1. The molecule has 14 heteroatoms. The quantitative estimate of drug-likeness (QED) is 0.318. The predicted octanol–water partition coefficient (Wildman–Crippen LogP) is 2.20. The van der Waals surface area contributed by atoms with E-state index >= 15 is 0 Å². The molecule has 4 heterocycles. The number of thioether (sulfide) groups is 2. The van der Waals surface area contributed by atoms with Gasteiger partial charge in [0, 0.05) is 24.1 Å². The van der Waals surface area contributed by atoms with E-state index in [1.807, 2.05) is 18.2 Å². The number of β-lactam (4-membered cyclic amide) rings is 1. The van der Waals surface area contributed by atoms with Gasteiger partial charge in [-0.3, -0.25) is 14.5 Å². The summed E-state index contributed by atoms with van der Waals surface area (Å²) in [5, 5.41) is 24.3. The van der Waals surface area contributed by atoms with Crippen LogP contribution in [0.25, 0.3) is 11.3 Å². The topological polar surface area (TPSA) is 143 Å². The molecular weight excluding hydrogens is 528 g/mol. The van der Waals surface area contributed by atoms with E-state index in [-0.39, 0.29) is 12.1 Å². The molecule has 0 spiro atoms. The summed E-state index contributed by atoms with van der Waals surface area (Å²) in [6, 6.07) is 9.82. The summed E-state index contributed by atoms with van der Waals surface area (Å²) < 4.78 is 7.25. The van der Waals surface area contributed by atoms with Crippen LogP contribution in [0, 0.1) is 0 Å². The molecule has 1 aromatic carbocycles. The number of rotatable bonds is 8. The molecule has 1 saturated heterocycles. The van der Waals surface area contributed by atoms with Crippen molar-refractivity contribution in [1.82, 2.24) is 30.4 Å². The molecule has 2 aliphatic heterocycles. The fourth-order valence-corrected chi connectivity index (χ4v) is 6.51. The number of aryl methyl sites for hydroxylation is 1. The average Bonchev–Trinajstić information content (AvgIpc) is 3.49. The number of amides is 2. The third-order valence-electron chi connectivity index (χ3n) is 5.66. The highest BCUT2D eigenvalue weighted by atomic mass is 35.5. The lowest BCUT2D eigenvalue weighted by atomic mass is 10.0. The average molecular weight is 547 g/mol. The minimum Gasteiger partial charge on any atom is -0.477 e. The third kappa shape index (κ3) is 4.61. The van der Waals surface area contributed by atoms with Crippen LogP contribution in [0.5, 0.6) is 0 Å². The Labute approximate surface area is 218 Å². The van der Waals surface area contributed by atoms with Gasteiger partial charge < -0.3 is 14.8 Å². The van der Waals surface area contributed by atoms with Crippen molar-refractivity contribution in [3.8, 4) is 11.3 Å². The van der Waals surface area contributed by atoms with Crippen LogP contribution >= 0.6 is 35.1 Å². The number of nitrogens with zero attached hydrogens (tertiary/aromatic N) is 5. The van der Waals surface area contributed by atoms with Gasteiger partial charge in [-0.05, 0) is 40.3 Å². The van der Waals surface area contributed by atoms with Crippen molar-refractivity contribution in [2.75, 3.05) is 11.5 Å². The van der Waals surface area contributed by atoms with Crippen LogP contribution in [0.3, 0.4) is 0 Å². The third-order valence-corrected chi connectivity index (χ3v) is 8.42. The summed E-state index contributed by atoms with van der Waals surface area (Å²) in [5.41, 5.74) is 1.26. The van der Waals surface area contributed by atoms with Crippen molar-refractivity contribution in [2.24, 2.45) is 7.05 Å². The van der Waals surface area contributed by atoms with E-state index in [1.54, 1.807) is 25.2 Å². The number of aliphatic carboxylic acids is 1. The molecule has 11 nitrogen and oxygen atoms in total. The molecule has 2 aromatic heterocycles. The summed E-state index contributed by atoms with van der Waals surface area (Å²) in [7, 11) is 1.69. The number of nitrogens with one attached hydrogen (secondary N) is 1. The van der Waals surface area contributed by atoms with Gasteiger partial charge in [-0.2, -0.15) is 0 Å². The molecule has 2 amide bonds. The first-order valence-corrected chi connectivity index (χ1v) is 13.1. The Morgan fingerprint density at radius 3 is 2.83 bits per heavy atom. The normalized spacial score (nSPS) is 19.2. The van der Waals surface area contributed by atoms with Gasteiger partial charge in [0.15, 0.2) is 0 Å². The molecule has 1 fully saturated rings. The van der Waals surface area contributed by atoms with Gasteiger partial charge in [-0.25, -0.2) is 9.48 Å². The van der Waals surface area contributed by atoms with E-state index in [1.165, 1.54) is 33.1 Å². The second-order valence-electron chi connectivity index (χ2n) is 8.01. The van der Waals surface area contributed by atoms with E-state index < -0.39 is 29.2 Å². The number of carbonyl (C=O) groups excluding carboxylic acids is 2. The van der Waals surface area contributed by atoms with Crippen LogP contribution in [0.2, 0.25) is 5.02 Å². The molecule has 2 N–H and O–H groups in total. The Bertz CT molecular complexity index is 1390. The van der Waals surface area contributed by atoms with Gasteiger partial charge >= 0.3 is 5.97 Å². The molecule has 0 radical (unpaired) electrons. The van der Waals surface area contributed by atoms with Gasteiger partial charge in [0.2, 0.25) is 11.1 Å². The number of aromatic nitrogens is 4. The molecule has 5 rings (SSSR count). The molecule has 0 bridgehead atoms. The van der Waals surface area contributed by atoms with Gasteiger partial charge in [-0.1, -0.05) is 35.5 Å². The Kier molecular flexibility index (Phi) is 6.77. The second kappa shape index (κ2) is 9.99. The standard InChI is InChI=1S/C22H19ClN6O5S2/c1-28-22(25-26-27-28)36-10-11-9-35-20-17(19(31)29(20)18(11)21(32)33)24-16(30)8-12-6-7-15(34-12)13-4-2-3-5-14(13)23/h2-7,17,20H,8-10H2,1H3,(H,24,30)(H,32,33)/t17-,20-/m1/s1. The maximum Gasteiger partial charge on any atom is 0.352 e. The van der Waals surface area contributed by atoms with Crippen LogP contribution in [0.1, 0.15) is 5.76 Å². The van der Waals surface area contributed by atoms with E-state index in [0.717, 1.165) is 0 Å². The Hall–Kier alpha value is -3.29. The van der Waals surface area contributed by atoms with Crippen molar-refractivity contribution >= 4 is 52.9 Å². The maximum atomic E-state index is 12.9. The van der Waals surface area contributed by atoms with Crippen molar-refractivity contribution in [2.45, 2.75) is 23.0 Å². The number of carboxylic acid groups (broad SMARTS) is 1. The van der Waals surface area contributed by atoms with Crippen LogP contribution < -0.4 is 5.32 Å². The number of benzene rings is 1. The lowest BCUT2D eigenvalue weighted by Crippen LogP contribution is -2.70. The van der Waals surface area contributed by atoms with Crippen molar-refractivity contribution in [3.05, 3.63) is 58.5 Å². The monoisotopic (exact) mass is 546 g/mol. The highest BCUT2D eigenvalue weighted by Crippen LogP contribution is 2.41. The summed E-state index contributed by atoms with van der Waals surface area (Å²) in [4.78, 5) is 38.8. The fourth-order valence-electron chi connectivity index (χ4n) is 3.95. The zero-order valence-electron chi connectivity index (χ0n) is 18.8. The SMILES string of the molecule is Cn1nnnc1SCC1=C(C(=O)O)N2C(=O)[C@@H](NC(=O)Cc3ccc(-c4ccccc4Cl)o3)[C@H]2SC1. The highest BCUT2D eigenvalue weighted by Gasteiger charge is 2.54. The number of halogens is 1. The molecule has 186 valence electrons. The van der Waals surface area contributed by atoms with Gasteiger partial charge in [-0.15, -0.1) is 16.9 Å². The minimum atomic E-state index is -1.19. The first kappa shape index (κ1) is 24.4. The van der Waals surface area contributed by atoms with E-state index in [4.69, 9.17) is 16.0 Å². The second-order valence-corrected chi connectivity index (χ2v) is 10.5. The lowest BCUT2D eigenvalue weighted by molar-refractivity contribution is -0.150. The number of carbonyl (C=O) groups is 3. The summed E-state index contributed by atoms with van der Waals surface area (Å²) >= 11 is 8.90. The van der Waals surface area contributed by atoms with Gasteiger partial charge in [0.25, 0.3) is 5.91 Å². The molecule has 3 aromatic rings. The van der Waals surface area contributed by atoms with Crippen LogP contribution in [-0.4, -0.2) is 70.9 Å². The largest absolute Gasteiger partial charge is 0.477 e. The van der Waals surface area contributed by atoms with Gasteiger partial charge in [0.1, 0.15) is 28.6 Å². The van der Waals surface area contributed by atoms with Crippen LogP contribution in [-0.2, 0) is 27.9 Å². The summed E-state index contributed by atoms with van der Waals surface area (Å²) in [6.45, 7) is 0. The molecule has 2 aliphatic rings. The van der Waals surface area contributed by atoms with Gasteiger partial charge in [0.05, 0.1) is 11.4 Å². The molecule has 0 unspecified atom stereocenters. The summed E-state index contributed by atoms with van der Waals surface area (Å²) in [5.74, 6) is -0.361. The molecule has 2 atom stereocenters. The van der Waals surface area contributed by atoms with Crippen molar-refractivity contribution < 1.29 is 23.9 Å². The Morgan fingerprint density at radius 2 is 2.11 bits per heavy atom. The van der Waals surface area contributed by atoms with E-state index in [2.05, 4.69) is 20.8 Å². The molecule has 0 aliphatic carbocycles. The number of carboxylic acids is 1. The number of hydrogen-bond donors (Lipinski definition) is 2. The Morgan fingerprint density at radius 1 is 1.31 bits per heavy atom. The fraction of sp³-hybridized carbons (Fsp3) is 0.273. The summed E-state index contributed by atoms with van der Waals surface area (Å²) in [6.07, 6.45) is -0.0686. The van der Waals surface area contributed by atoms with E-state index in [0.29, 0.717) is 44.3 Å². The van der Waals surface area contributed by atoms with Crippen LogP contribution in [0.4, 0.5) is 0 Å². The lowest BCUT2D eigenvalue weighted by Gasteiger charge is -2.49. The number of hydrogen-bond acceptors (Lipinski definition) is 9. The highest BCUT2D eigenvalue weighted by molar-refractivity contribution is 8.01. The van der Waals surface area contributed by atoms with Crippen LogP contribution in [0.15, 0.2) is 57.2 Å². The molecular formula is C22H19ClN6O5S2. The maximum absolute atomic E-state index is 12.9. The molecule has 36 heavy (non-hydrogen) atoms. The smallest absolute Gasteiger partial charge is 0.352 e. The Balaban J connectivity index is 1.23. The van der Waals surface area contributed by atoms with Crippen molar-refractivity contribution in [3.63, 3.8) is 0 Å². The zero-order chi connectivity index (χ0) is 25.4. The minimum absolute atomic E-state index is 0.0488. The number of furan rings is 1. The van der Waals surface area contributed by atoms with E-state index in [9.17, 15) is 19.5 Å². The van der Waals surface area contributed by atoms with Crippen molar-refractivity contribution in [1.29, 1.82) is 0 Å². The first-order valence-electron chi connectivity index (χ1n) is 10.7. The number of fused-ring (bicyclic) bond motifs is 1. The zero-order valence-corrected chi connectivity index (χ0v) is 21.1. The molecule has 0 saturated carbocycles.